The van der Waals surface area contributed by atoms with E-state index in [-0.39, 0.29) is 12.2 Å². The Balaban J connectivity index is 1.57. The van der Waals surface area contributed by atoms with E-state index in [4.69, 9.17) is 4.74 Å². The Morgan fingerprint density at radius 3 is 2.93 bits per heavy atom. The van der Waals surface area contributed by atoms with E-state index in [2.05, 4.69) is 34.1 Å². The summed E-state index contributed by atoms with van der Waals surface area (Å²) in [6.45, 7) is 2.90. The number of aryl methyl sites for hydroxylation is 2. The molecule has 4 rings (SSSR count). The van der Waals surface area contributed by atoms with Gasteiger partial charge in [0.15, 0.2) is 0 Å². The van der Waals surface area contributed by atoms with Gasteiger partial charge in [0.2, 0.25) is 0 Å². The van der Waals surface area contributed by atoms with Crippen molar-refractivity contribution in [1.29, 1.82) is 0 Å². The second-order valence-electron chi connectivity index (χ2n) is 7.85. The largest absolute Gasteiger partial charge is 0.395 e. The highest BCUT2D eigenvalue weighted by molar-refractivity contribution is 7.18. The lowest BCUT2D eigenvalue weighted by Gasteiger charge is -2.34. The van der Waals surface area contributed by atoms with Crippen molar-refractivity contribution in [2.45, 2.75) is 44.8 Å². The topological polar surface area (TPSA) is 67.6 Å². The number of hydrogen-bond donors (Lipinski definition) is 1. The number of aromatic nitrogens is 2. The van der Waals surface area contributed by atoms with Gasteiger partial charge in [-0.3, -0.25) is 14.3 Å². The molecule has 1 unspecified atom stereocenters. The minimum Gasteiger partial charge on any atom is -0.395 e. The summed E-state index contributed by atoms with van der Waals surface area (Å²) in [4.78, 5) is 22.1. The molecule has 0 radical (unpaired) electrons. The summed E-state index contributed by atoms with van der Waals surface area (Å²) < 4.78 is 6.82. The fourth-order valence-corrected chi connectivity index (χ4v) is 5.62. The maximum atomic E-state index is 13.1. The highest BCUT2D eigenvalue weighted by atomic mass is 32.1. The molecule has 1 aliphatic rings. The first-order valence-electron chi connectivity index (χ1n) is 10.6. The van der Waals surface area contributed by atoms with Gasteiger partial charge in [0.25, 0.3) is 5.56 Å². The zero-order valence-electron chi connectivity index (χ0n) is 17.4. The van der Waals surface area contributed by atoms with Crippen molar-refractivity contribution in [2.24, 2.45) is 0 Å². The molecule has 1 atom stereocenters. The molecule has 30 heavy (non-hydrogen) atoms. The minimum atomic E-state index is 0.0727. The number of aliphatic hydroxyl groups excluding tert-OH is 1. The van der Waals surface area contributed by atoms with E-state index in [0.717, 1.165) is 42.4 Å². The van der Waals surface area contributed by atoms with Crippen molar-refractivity contribution in [3.63, 3.8) is 0 Å². The monoisotopic (exact) mass is 427 g/mol. The number of thiophene rings is 1. The second-order valence-corrected chi connectivity index (χ2v) is 8.93. The molecule has 0 fully saturated rings. The molecule has 7 heteroatoms. The Hall–Kier alpha value is -2.06. The number of hydrogen-bond acceptors (Lipinski definition) is 6. The SMILES string of the molecule is COCCCn1cnc2sc3c(c2c1=O)CCC(N(CCO)Cc1ccccc1)C3. The minimum absolute atomic E-state index is 0.0727. The number of fused-ring (bicyclic) bond motifs is 3. The summed E-state index contributed by atoms with van der Waals surface area (Å²) in [5.41, 5.74) is 2.52. The molecule has 2 aromatic heterocycles. The fourth-order valence-electron chi connectivity index (χ4n) is 4.37. The third-order valence-electron chi connectivity index (χ3n) is 5.89. The van der Waals surface area contributed by atoms with Gasteiger partial charge in [-0.1, -0.05) is 30.3 Å². The van der Waals surface area contributed by atoms with Crippen molar-refractivity contribution < 1.29 is 9.84 Å². The van der Waals surface area contributed by atoms with Crippen molar-refractivity contribution in [3.8, 4) is 0 Å². The number of nitrogens with zero attached hydrogens (tertiary/aromatic N) is 3. The molecule has 6 nitrogen and oxygen atoms in total. The highest BCUT2D eigenvalue weighted by Gasteiger charge is 2.28. The zero-order valence-corrected chi connectivity index (χ0v) is 18.2. The van der Waals surface area contributed by atoms with Gasteiger partial charge in [-0.25, -0.2) is 4.98 Å². The van der Waals surface area contributed by atoms with Crippen LogP contribution in [0.4, 0.5) is 0 Å². The predicted molar refractivity (Wildman–Crippen MR) is 120 cm³/mol. The van der Waals surface area contributed by atoms with E-state index in [9.17, 15) is 9.90 Å². The van der Waals surface area contributed by atoms with Crippen molar-refractivity contribution >= 4 is 21.6 Å². The van der Waals surface area contributed by atoms with Crippen molar-refractivity contribution in [1.82, 2.24) is 14.5 Å². The van der Waals surface area contributed by atoms with Crippen molar-refractivity contribution in [3.05, 3.63) is 63.0 Å². The number of rotatable bonds is 9. The van der Waals surface area contributed by atoms with Crippen LogP contribution in [0.5, 0.6) is 0 Å². The standard InChI is InChI=1S/C23H29N3O3S/c1-29-13-5-10-26-16-24-22-21(23(26)28)19-9-8-18(14-20(19)30-22)25(11-12-27)15-17-6-3-2-4-7-17/h2-4,6-7,16,18,27H,5,8-15H2,1H3. The molecule has 0 saturated carbocycles. The van der Waals surface area contributed by atoms with Gasteiger partial charge in [0, 0.05) is 44.3 Å². The van der Waals surface area contributed by atoms with Gasteiger partial charge in [0.1, 0.15) is 4.83 Å². The molecule has 0 bridgehead atoms. The third-order valence-corrected chi connectivity index (χ3v) is 7.05. The van der Waals surface area contributed by atoms with E-state index in [0.29, 0.717) is 25.7 Å². The van der Waals surface area contributed by atoms with Crippen LogP contribution in [0.3, 0.4) is 0 Å². The molecule has 0 saturated heterocycles. The van der Waals surface area contributed by atoms with Crippen LogP contribution in [0, 0.1) is 0 Å². The first-order chi connectivity index (χ1) is 14.7. The Morgan fingerprint density at radius 2 is 2.17 bits per heavy atom. The van der Waals surface area contributed by atoms with Crippen molar-refractivity contribution in [2.75, 3.05) is 26.9 Å². The smallest absolute Gasteiger partial charge is 0.262 e. The van der Waals surface area contributed by atoms with E-state index < -0.39 is 0 Å². The molecule has 160 valence electrons. The molecule has 1 aliphatic carbocycles. The van der Waals surface area contributed by atoms with Gasteiger partial charge in [-0.15, -0.1) is 11.3 Å². The Morgan fingerprint density at radius 1 is 1.33 bits per heavy atom. The van der Waals surface area contributed by atoms with Gasteiger partial charge in [0.05, 0.1) is 18.3 Å². The van der Waals surface area contributed by atoms with E-state index in [1.807, 2.05) is 6.07 Å². The van der Waals surface area contributed by atoms with Crippen LogP contribution in [0.25, 0.3) is 10.2 Å². The van der Waals surface area contributed by atoms with Gasteiger partial charge in [-0.2, -0.15) is 0 Å². The number of methoxy groups -OCH3 is 1. The molecule has 3 aromatic rings. The first-order valence-corrected chi connectivity index (χ1v) is 11.4. The maximum Gasteiger partial charge on any atom is 0.262 e. The van der Waals surface area contributed by atoms with Gasteiger partial charge in [-0.05, 0) is 36.8 Å². The molecule has 2 heterocycles. The number of benzene rings is 1. The Labute approximate surface area is 180 Å². The lowest BCUT2D eigenvalue weighted by atomic mass is 9.91. The van der Waals surface area contributed by atoms with E-state index in [1.54, 1.807) is 29.3 Å². The third kappa shape index (κ3) is 4.49. The molecule has 1 N–H and O–H groups in total. The van der Waals surface area contributed by atoms with E-state index in [1.165, 1.54) is 16.0 Å². The quantitative estimate of drug-likeness (QED) is 0.532. The van der Waals surface area contributed by atoms with Crippen LogP contribution in [-0.4, -0.2) is 52.5 Å². The average molecular weight is 428 g/mol. The summed E-state index contributed by atoms with van der Waals surface area (Å²) in [7, 11) is 1.67. The Bertz CT molecular complexity index is 1030. The number of ether oxygens (including phenoxy) is 1. The average Bonchev–Trinajstić information content (AvgIpc) is 3.14. The summed E-state index contributed by atoms with van der Waals surface area (Å²) >= 11 is 1.66. The summed E-state index contributed by atoms with van der Waals surface area (Å²) in [6.07, 6.45) is 5.26. The van der Waals surface area contributed by atoms with E-state index >= 15 is 0 Å². The fraction of sp³-hybridized carbons (Fsp3) is 0.478. The van der Waals surface area contributed by atoms with Crippen LogP contribution in [0.1, 0.15) is 28.8 Å². The molecule has 0 aliphatic heterocycles. The van der Waals surface area contributed by atoms with Crippen LogP contribution < -0.4 is 5.56 Å². The van der Waals surface area contributed by atoms with Gasteiger partial charge < -0.3 is 9.84 Å². The molecule has 1 aromatic carbocycles. The summed E-state index contributed by atoms with van der Waals surface area (Å²) in [5.74, 6) is 0. The Kier molecular flexibility index (Phi) is 6.94. The van der Waals surface area contributed by atoms with Crippen LogP contribution in [0.2, 0.25) is 0 Å². The van der Waals surface area contributed by atoms with Crippen LogP contribution in [0.15, 0.2) is 41.5 Å². The van der Waals surface area contributed by atoms with Gasteiger partial charge >= 0.3 is 0 Å². The lowest BCUT2D eigenvalue weighted by molar-refractivity contribution is 0.133. The zero-order chi connectivity index (χ0) is 20.9. The molecule has 0 amide bonds. The number of aliphatic hydroxyl groups is 1. The highest BCUT2D eigenvalue weighted by Crippen LogP contribution is 2.35. The normalized spacial score (nSPS) is 16.3. The molecular formula is C23H29N3O3S. The maximum absolute atomic E-state index is 13.1. The summed E-state index contributed by atoms with van der Waals surface area (Å²) in [5, 5.41) is 10.4. The second kappa shape index (κ2) is 9.83. The van der Waals surface area contributed by atoms with Crippen LogP contribution >= 0.6 is 11.3 Å². The molecular weight excluding hydrogens is 398 g/mol. The first kappa shape index (κ1) is 21.2. The summed E-state index contributed by atoms with van der Waals surface area (Å²) in [6, 6.07) is 10.8. The lowest BCUT2D eigenvalue weighted by Crippen LogP contribution is -2.40. The molecule has 0 spiro atoms. The van der Waals surface area contributed by atoms with Crippen LogP contribution in [-0.2, 0) is 30.7 Å². The predicted octanol–water partition coefficient (Wildman–Crippen LogP) is 2.85.